The van der Waals surface area contributed by atoms with Crippen LogP contribution in [0.15, 0.2) is 30.5 Å². The summed E-state index contributed by atoms with van der Waals surface area (Å²) in [6.45, 7) is 5.32. The van der Waals surface area contributed by atoms with Gasteiger partial charge in [-0.3, -0.25) is 4.79 Å². The standard InChI is InChI=1S/C17H21N3O2/c1-12-5-7-14(8-6-12)20-13(2)16(11-19-20)17(21)18-10-15-4-3-9-22-15/h5-8,11,15H,3-4,9-10H2,1-2H3,(H,18,21)/t15-/m1/s1. The second-order valence-electron chi connectivity index (χ2n) is 5.74. The Morgan fingerprint density at radius 2 is 2.14 bits per heavy atom. The zero-order chi connectivity index (χ0) is 15.5. The number of nitrogens with one attached hydrogen (secondary N) is 1. The van der Waals surface area contributed by atoms with Gasteiger partial charge < -0.3 is 10.1 Å². The van der Waals surface area contributed by atoms with Gasteiger partial charge in [0.15, 0.2) is 0 Å². The number of carbonyl (C=O) groups excluding carboxylic acids is 1. The van der Waals surface area contributed by atoms with Crippen molar-refractivity contribution in [3.05, 3.63) is 47.3 Å². The van der Waals surface area contributed by atoms with Crippen molar-refractivity contribution < 1.29 is 9.53 Å². The normalized spacial score (nSPS) is 17.6. The summed E-state index contributed by atoms with van der Waals surface area (Å²) in [4.78, 5) is 12.3. The van der Waals surface area contributed by atoms with Crippen LogP contribution >= 0.6 is 0 Å². The first-order valence-corrected chi connectivity index (χ1v) is 7.66. The van der Waals surface area contributed by atoms with Crippen LogP contribution in [0.4, 0.5) is 0 Å². The Morgan fingerprint density at radius 1 is 1.36 bits per heavy atom. The number of rotatable bonds is 4. The third kappa shape index (κ3) is 3.04. The molecule has 22 heavy (non-hydrogen) atoms. The Morgan fingerprint density at radius 3 is 2.82 bits per heavy atom. The molecule has 1 fully saturated rings. The molecule has 2 heterocycles. The molecule has 1 aromatic heterocycles. The van der Waals surface area contributed by atoms with Crippen LogP contribution in [0.3, 0.4) is 0 Å². The molecule has 1 N–H and O–H groups in total. The summed E-state index contributed by atoms with van der Waals surface area (Å²) in [5, 5.41) is 7.28. The number of aryl methyl sites for hydroxylation is 1. The summed E-state index contributed by atoms with van der Waals surface area (Å²) < 4.78 is 7.31. The first-order valence-electron chi connectivity index (χ1n) is 7.66. The lowest BCUT2D eigenvalue weighted by atomic mass is 10.2. The van der Waals surface area contributed by atoms with Crippen LogP contribution in [0, 0.1) is 13.8 Å². The first kappa shape index (κ1) is 14.8. The molecule has 5 nitrogen and oxygen atoms in total. The van der Waals surface area contributed by atoms with E-state index < -0.39 is 0 Å². The van der Waals surface area contributed by atoms with Crippen molar-refractivity contribution in [3.8, 4) is 5.69 Å². The molecule has 1 aromatic carbocycles. The number of benzene rings is 1. The molecule has 116 valence electrons. The lowest BCUT2D eigenvalue weighted by Gasteiger charge is -2.10. The molecule has 0 bridgehead atoms. The molecule has 1 amide bonds. The Kier molecular flexibility index (Phi) is 4.24. The Balaban J connectivity index is 1.72. The first-order chi connectivity index (χ1) is 10.6. The average Bonchev–Trinajstić information content (AvgIpc) is 3.15. The molecule has 0 aliphatic carbocycles. The third-order valence-electron chi connectivity index (χ3n) is 4.05. The molecule has 2 aromatic rings. The van der Waals surface area contributed by atoms with E-state index in [0.717, 1.165) is 30.8 Å². The molecule has 0 radical (unpaired) electrons. The number of nitrogens with zero attached hydrogens (tertiary/aromatic N) is 2. The van der Waals surface area contributed by atoms with Crippen LogP contribution in [0.25, 0.3) is 5.69 Å². The highest BCUT2D eigenvalue weighted by atomic mass is 16.5. The quantitative estimate of drug-likeness (QED) is 0.943. The van der Waals surface area contributed by atoms with Crippen LogP contribution in [-0.4, -0.2) is 34.9 Å². The number of hydrogen-bond donors (Lipinski definition) is 1. The summed E-state index contributed by atoms with van der Waals surface area (Å²) in [7, 11) is 0. The molecular weight excluding hydrogens is 278 g/mol. The van der Waals surface area contributed by atoms with E-state index in [1.165, 1.54) is 5.56 Å². The third-order valence-corrected chi connectivity index (χ3v) is 4.05. The van der Waals surface area contributed by atoms with Gasteiger partial charge in [-0.1, -0.05) is 17.7 Å². The van der Waals surface area contributed by atoms with Crippen LogP contribution < -0.4 is 5.32 Å². The minimum atomic E-state index is -0.0913. The summed E-state index contributed by atoms with van der Waals surface area (Å²) in [6, 6.07) is 8.08. The molecule has 1 saturated heterocycles. The highest BCUT2D eigenvalue weighted by Gasteiger charge is 2.19. The van der Waals surface area contributed by atoms with Crippen molar-refractivity contribution >= 4 is 5.91 Å². The molecule has 0 spiro atoms. The van der Waals surface area contributed by atoms with E-state index >= 15 is 0 Å². The molecule has 1 aliphatic rings. The van der Waals surface area contributed by atoms with E-state index in [9.17, 15) is 4.79 Å². The lowest BCUT2D eigenvalue weighted by Crippen LogP contribution is -2.32. The summed E-state index contributed by atoms with van der Waals surface area (Å²) >= 11 is 0. The van der Waals surface area contributed by atoms with Crippen molar-refractivity contribution in [2.75, 3.05) is 13.2 Å². The van der Waals surface area contributed by atoms with Gasteiger partial charge in [-0.15, -0.1) is 0 Å². The van der Waals surface area contributed by atoms with Gasteiger partial charge in [0.25, 0.3) is 5.91 Å². The van der Waals surface area contributed by atoms with Crippen molar-refractivity contribution in [1.29, 1.82) is 0 Å². The van der Waals surface area contributed by atoms with Crippen molar-refractivity contribution in [2.24, 2.45) is 0 Å². The minimum absolute atomic E-state index is 0.0913. The predicted octanol–water partition coefficient (Wildman–Crippen LogP) is 2.40. The van der Waals surface area contributed by atoms with Gasteiger partial charge in [-0.05, 0) is 38.8 Å². The number of amides is 1. The Labute approximate surface area is 130 Å². The fraction of sp³-hybridized carbons (Fsp3) is 0.412. The van der Waals surface area contributed by atoms with E-state index in [1.54, 1.807) is 10.9 Å². The van der Waals surface area contributed by atoms with Crippen LogP contribution in [0.1, 0.15) is 34.5 Å². The molecule has 3 rings (SSSR count). The smallest absolute Gasteiger partial charge is 0.254 e. The Bertz CT molecular complexity index is 655. The summed E-state index contributed by atoms with van der Waals surface area (Å²) in [6.07, 6.45) is 3.86. The van der Waals surface area contributed by atoms with Crippen LogP contribution in [-0.2, 0) is 4.74 Å². The van der Waals surface area contributed by atoms with Crippen molar-refractivity contribution in [1.82, 2.24) is 15.1 Å². The minimum Gasteiger partial charge on any atom is -0.376 e. The van der Waals surface area contributed by atoms with Crippen molar-refractivity contribution in [3.63, 3.8) is 0 Å². The van der Waals surface area contributed by atoms with E-state index in [2.05, 4.69) is 10.4 Å². The Hall–Kier alpha value is -2.14. The van der Waals surface area contributed by atoms with Gasteiger partial charge in [0.05, 0.1) is 29.2 Å². The highest BCUT2D eigenvalue weighted by molar-refractivity contribution is 5.95. The maximum atomic E-state index is 12.3. The molecular formula is C17H21N3O2. The number of carbonyl (C=O) groups is 1. The maximum absolute atomic E-state index is 12.3. The van der Waals surface area contributed by atoms with E-state index in [1.807, 2.05) is 38.1 Å². The number of aromatic nitrogens is 2. The summed E-state index contributed by atoms with van der Waals surface area (Å²) in [5.74, 6) is -0.0913. The number of ether oxygens (including phenoxy) is 1. The van der Waals surface area contributed by atoms with Gasteiger partial charge in [-0.25, -0.2) is 4.68 Å². The fourth-order valence-corrected chi connectivity index (χ4v) is 2.69. The van der Waals surface area contributed by atoms with Gasteiger partial charge >= 0.3 is 0 Å². The SMILES string of the molecule is Cc1ccc(-n2ncc(C(=O)NC[C@H]3CCCO3)c2C)cc1. The topological polar surface area (TPSA) is 56.2 Å². The van der Waals surface area contributed by atoms with Crippen LogP contribution in [0.5, 0.6) is 0 Å². The molecule has 1 aliphatic heterocycles. The largest absolute Gasteiger partial charge is 0.376 e. The second-order valence-corrected chi connectivity index (χ2v) is 5.74. The van der Waals surface area contributed by atoms with Gasteiger partial charge in [0.2, 0.25) is 0 Å². The second kappa shape index (κ2) is 6.32. The van der Waals surface area contributed by atoms with E-state index in [0.29, 0.717) is 12.1 Å². The molecule has 5 heteroatoms. The zero-order valence-electron chi connectivity index (χ0n) is 13.0. The monoisotopic (exact) mass is 299 g/mol. The molecule has 0 unspecified atom stereocenters. The summed E-state index contributed by atoms with van der Waals surface area (Å²) in [5.41, 5.74) is 3.61. The maximum Gasteiger partial charge on any atom is 0.254 e. The van der Waals surface area contributed by atoms with Gasteiger partial charge in [0.1, 0.15) is 0 Å². The molecule has 1 atom stereocenters. The van der Waals surface area contributed by atoms with Crippen molar-refractivity contribution in [2.45, 2.75) is 32.8 Å². The van der Waals surface area contributed by atoms with Gasteiger partial charge in [-0.2, -0.15) is 5.10 Å². The van der Waals surface area contributed by atoms with Crippen LogP contribution in [0.2, 0.25) is 0 Å². The van der Waals surface area contributed by atoms with E-state index in [4.69, 9.17) is 4.74 Å². The predicted molar refractivity (Wildman–Crippen MR) is 84.3 cm³/mol. The fourth-order valence-electron chi connectivity index (χ4n) is 2.69. The highest BCUT2D eigenvalue weighted by Crippen LogP contribution is 2.15. The van der Waals surface area contributed by atoms with Gasteiger partial charge in [0, 0.05) is 13.2 Å². The molecule has 0 saturated carbocycles. The van der Waals surface area contributed by atoms with E-state index in [-0.39, 0.29) is 12.0 Å². The average molecular weight is 299 g/mol. The lowest BCUT2D eigenvalue weighted by molar-refractivity contribution is 0.0857. The zero-order valence-corrected chi connectivity index (χ0v) is 13.0. The number of hydrogen-bond acceptors (Lipinski definition) is 3.